The van der Waals surface area contributed by atoms with Crippen LogP contribution in [-0.4, -0.2) is 35.6 Å². The first-order valence-corrected chi connectivity index (χ1v) is 6.02. The Morgan fingerprint density at radius 2 is 2.33 bits per heavy atom. The van der Waals surface area contributed by atoms with Crippen LogP contribution in [0.2, 0.25) is 0 Å². The van der Waals surface area contributed by atoms with Crippen LogP contribution in [0.5, 0.6) is 5.75 Å². The quantitative estimate of drug-likeness (QED) is 0.759. The fourth-order valence-corrected chi connectivity index (χ4v) is 2.07. The predicted molar refractivity (Wildman–Crippen MR) is 64.9 cm³/mol. The van der Waals surface area contributed by atoms with Crippen LogP contribution in [0.25, 0.3) is 0 Å². The van der Waals surface area contributed by atoms with Gasteiger partial charge in [0.25, 0.3) is 0 Å². The van der Waals surface area contributed by atoms with Crippen molar-refractivity contribution in [3.8, 4) is 5.75 Å². The molecule has 1 heterocycles. The Labute approximate surface area is 105 Å². The number of benzene rings is 1. The third kappa shape index (κ3) is 2.98. The fraction of sp³-hybridized carbons (Fsp3) is 0.538. The van der Waals surface area contributed by atoms with Crippen LogP contribution in [0.15, 0.2) is 18.2 Å². The van der Waals surface area contributed by atoms with Gasteiger partial charge in [-0.1, -0.05) is 6.07 Å². The zero-order chi connectivity index (χ0) is 13.2. The standard InChI is InChI=1S/C13H18FNO3/c1-9(11-3-2-10(14)6-12(11)16)15-7-13(17)4-5-18-8-13/h2-3,6,9,15-17H,4-5,7-8H2,1H3. The Kier molecular flexibility index (Phi) is 3.85. The average molecular weight is 255 g/mol. The highest BCUT2D eigenvalue weighted by Crippen LogP contribution is 2.25. The molecule has 4 nitrogen and oxygen atoms in total. The smallest absolute Gasteiger partial charge is 0.126 e. The summed E-state index contributed by atoms with van der Waals surface area (Å²) in [5.74, 6) is -0.545. The molecule has 1 saturated heterocycles. The van der Waals surface area contributed by atoms with Gasteiger partial charge in [0.15, 0.2) is 0 Å². The van der Waals surface area contributed by atoms with Gasteiger partial charge in [-0.2, -0.15) is 0 Å². The van der Waals surface area contributed by atoms with Crippen molar-refractivity contribution in [3.05, 3.63) is 29.6 Å². The summed E-state index contributed by atoms with van der Waals surface area (Å²) in [5.41, 5.74) is -0.233. The first-order chi connectivity index (χ1) is 8.50. The zero-order valence-corrected chi connectivity index (χ0v) is 10.3. The first-order valence-electron chi connectivity index (χ1n) is 6.02. The van der Waals surface area contributed by atoms with Crippen molar-refractivity contribution >= 4 is 0 Å². The molecule has 1 aromatic rings. The molecule has 0 radical (unpaired) electrons. The number of hydrogen-bond acceptors (Lipinski definition) is 4. The summed E-state index contributed by atoms with van der Waals surface area (Å²) < 4.78 is 18.0. The largest absolute Gasteiger partial charge is 0.508 e. The van der Waals surface area contributed by atoms with Crippen molar-refractivity contribution < 1.29 is 19.3 Å². The van der Waals surface area contributed by atoms with Crippen molar-refractivity contribution in [2.75, 3.05) is 19.8 Å². The minimum absolute atomic E-state index is 0.0790. The second kappa shape index (κ2) is 5.22. The number of nitrogens with one attached hydrogen (secondary N) is 1. The van der Waals surface area contributed by atoms with Crippen LogP contribution in [0.1, 0.15) is 24.9 Å². The molecule has 2 atom stereocenters. The third-order valence-corrected chi connectivity index (χ3v) is 3.28. The van der Waals surface area contributed by atoms with Gasteiger partial charge in [0, 0.05) is 37.2 Å². The highest BCUT2D eigenvalue weighted by Gasteiger charge is 2.32. The predicted octanol–water partition coefficient (Wildman–Crippen LogP) is 1.33. The van der Waals surface area contributed by atoms with E-state index < -0.39 is 11.4 Å². The molecule has 5 heteroatoms. The van der Waals surface area contributed by atoms with E-state index in [1.54, 1.807) is 0 Å². The van der Waals surface area contributed by atoms with Crippen molar-refractivity contribution in [3.63, 3.8) is 0 Å². The number of aliphatic hydroxyl groups is 1. The van der Waals surface area contributed by atoms with Gasteiger partial charge in [-0.25, -0.2) is 4.39 Å². The molecule has 0 bridgehead atoms. The van der Waals surface area contributed by atoms with E-state index in [-0.39, 0.29) is 11.8 Å². The second-order valence-electron chi connectivity index (χ2n) is 4.83. The van der Waals surface area contributed by atoms with Gasteiger partial charge in [-0.3, -0.25) is 0 Å². The maximum atomic E-state index is 12.9. The lowest BCUT2D eigenvalue weighted by molar-refractivity contribution is 0.0251. The minimum Gasteiger partial charge on any atom is -0.508 e. The lowest BCUT2D eigenvalue weighted by Crippen LogP contribution is -2.41. The van der Waals surface area contributed by atoms with E-state index in [4.69, 9.17) is 4.74 Å². The van der Waals surface area contributed by atoms with Gasteiger partial charge in [-0.15, -0.1) is 0 Å². The fourth-order valence-electron chi connectivity index (χ4n) is 2.07. The molecule has 0 aliphatic carbocycles. The van der Waals surface area contributed by atoms with E-state index >= 15 is 0 Å². The van der Waals surface area contributed by atoms with Crippen LogP contribution in [0.4, 0.5) is 4.39 Å². The first kappa shape index (κ1) is 13.3. The maximum Gasteiger partial charge on any atom is 0.126 e. The average Bonchev–Trinajstić information content (AvgIpc) is 2.74. The molecule has 1 fully saturated rings. The zero-order valence-electron chi connectivity index (χ0n) is 10.3. The Bertz CT molecular complexity index is 419. The maximum absolute atomic E-state index is 12.9. The number of halogens is 1. The van der Waals surface area contributed by atoms with Crippen LogP contribution >= 0.6 is 0 Å². The Morgan fingerprint density at radius 1 is 1.56 bits per heavy atom. The molecular formula is C13H18FNO3. The van der Waals surface area contributed by atoms with Crippen LogP contribution in [0, 0.1) is 5.82 Å². The molecule has 18 heavy (non-hydrogen) atoms. The summed E-state index contributed by atoms with van der Waals surface area (Å²) in [4.78, 5) is 0. The molecule has 2 rings (SSSR count). The number of hydrogen-bond donors (Lipinski definition) is 3. The van der Waals surface area contributed by atoms with E-state index in [9.17, 15) is 14.6 Å². The van der Waals surface area contributed by atoms with Gasteiger partial charge in [-0.05, 0) is 13.0 Å². The molecule has 3 N–H and O–H groups in total. The molecular weight excluding hydrogens is 237 g/mol. The van der Waals surface area contributed by atoms with Gasteiger partial charge >= 0.3 is 0 Å². The summed E-state index contributed by atoms with van der Waals surface area (Å²) >= 11 is 0. The summed E-state index contributed by atoms with van der Waals surface area (Å²) in [6, 6.07) is 3.76. The number of rotatable bonds is 4. The molecule has 100 valence electrons. The van der Waals surface area contributed by atoms with E-state index in [2.05, 4.69) is 5.32 Å². The van der Waals surface area contributed by atoms with Gasteiger partial charge in [0.2, 0.25) is 0 Å². The normalized spacial score (nSPS) is 25.3. The van der Waals surface area contributed by atoms with Crippen molar-refractivity contribution in [2.45, 2.75) is 25.0 Å². The Balaban J connectivity index is 1.97. The monoisotopic (exact) mass is 255 g/mol. The van der Waals surface area contributed by atoms with Gasteiger partial charge in [0.1, 0.15) is 17.2 Å². The summed E-state index contributed by atoms with van der Waals surface area (Å²) in [5, 5.41) is 22.9. The molecule has 1 aliphatic rings. The highest BCUT2D eigenvalue weighted by molar-refractivity contribution is 5.34. The molecule has 0 saturated carbocycles. The number of ether oxygens (including phenoxy) is 1. The number of aromatic hydroxyl groups is 1. The third-order valence-electron chi connectivity index (χ3n) is 3.28. The minimum atomic E-state index is -0.843. The molecule has 0 amide bonds. The molecule has 1 aliphatic heterocycles. The number of phenolic OH excluding ortho intramolecular Hbond substituents is 1. The van der Waals surface area contributed by atoms with Crippen molar-refractivity contribution in [2.24, 2.45) is 0 Å². The summed E-state index contributed by atoms with van der Waals surface area (Å²) in [6.07, 6.45) is 0.599. The highest BCUT2D eigenvalue weighted by atomic mass is 19.1. The Hall–Kier alpha value is -1.17. The molecule has 2 unspecified atom stereocenters. The number of phenols is 1. The topological polar surface area (TPSA) is 61.7 Å². The van der Waals surface area contributed by atoms with Crippen LogP contribution < -0.4 is 5.32 Å². The van der Waals surface area contributed by atoms with E-state index in [0.29, 0.717) is 31.7 Å². The second-order valence-corrected chi connectivity index (χ2v) is 4.83. The lowest BCUT2D eigenvalue weighted by atomic mass is 10.0. The SMILES string of the molecule is CC(NCC1(O)CCOC1)c1ccc(F)cc1O. The molecule has 1 aromatic carbocycles. The molecule has 0 spiro atoms. The van der Waals surface area contributed by atoms with E-state index in [1.165, 1.54) is 12.1 Å². The van der Waals surface area contributed by atoms with E-state index in [1.807, 2.05) is 6.92 Å². The lowest BCUT2D eigenvalue weighted by Gasteiger charge is -2.24. The van der Waals surface area contributed by atoms with Crippen molar-refractivity contribution in [1.82, 2.24) is 5.32 Å². The van der Waals surface area contributed by atoms with Crippen molar-refractivity contribution in [1.29, 1.82) is 0 Å². The molecule has 0 aromatic heterocycles. The van der Waals surface area contributed by atoms with Crippen LogP contribution in [-0.2, 0) is 4.74 Å². The Morgan fingerprint density at radius 3 is 2.94 bits per heavy atom. The van der Waals surface area contributed by atoms with Gasteiger partial charge in [0.05, 0.1) is 6.61 Å². The van der Waals surface area contributed by atoms with Gasteiger partial charge < -0.3 is 20.3 Å². The summed E-state index contributed by atoms with van der Waals surface area (Å²) in [6.45, 7) is 3.12. The van der Waals surface area contributed by atoms with E-state index in [0.717, 1.165) is 6.07 Å². The van der Waals surface area contributed by atoms with Crippen LogP contribution in [0.3, 0.4) is 0 Å². The summed E-state index contributed by atoms with van der Waals surface area (Å²) in [7, 11) is 0.